The molecular formula is C20H16FN5O. The van der Waals surface area contributed by atoms with Gasteiger partial charge in [0.25, 0.3) is 0 Å². The fourth-order valence-corrected chi connectivity index (χ4v) is 3.41. The highest BCUT2D eigenvalue weighted by Crippen LogP contribution is 2.31. The van der Waals surface area contributed by atoms with E-state index >= 15 is 0 Å². The summed E-state index contributed by atoms with van der Waals surface area (Å²) >= 11 is 0. The molecule has 0 radical (unpaired) electrons. The molecule has 0 fully saturated rings. The molecule has 0 amide bonds. The average Bonchev–Trinajstić information content (AvgIpc) is 3.33. The van der Waals surface area contributed by atoms with Gasteiger partial charge in [-0.1, -0.05) is 0 Å². The summed E-state index contributed by atoms with van der Waals surface area (Å²) in [5, 5.41) is 7.66. The number of methoxy groups -OCH3 is 1. The van der Waals surface area contributed by atoms with E-state index in [4.69, 9.17) is 9.84 Å². The molecule has 3 aromatic rings. The van der Waals surface area contributed by atoms with Crippen molar-refractivity contribution in [3.63, 3.8) is 0 Å². The number of hydrogen-bond acceptors (Lipinski definition) is 5. The number of hydrazone groups is 1. The molecule has 4 heterocycles. The van der Waals surface area contributed by atoms with E-state index in [1.54, 1.807) is 12.1 Å². The molecule has 1 unspecified atom stereocenters. The van der Waals surface area contributed by atoms with Gasteiger partial charge in [-0.25, -0.2) is 14.4 Å². The number of aromatic nitrogens is 2. The molecule has 2 aliphatic heterocycles. The first-order valence-corrected chi connectivity index (χ1v) is 8.60. The highest BCUT2D eigenvalue weighted by atomic mass is 19.1. The Kier molecular flexibility index (Phi) is 3.53. The number of amidine groups is 1. The molecule has 27 heavy (non-hydrogen) atoms. The van der Waals surface area contributed by atoms with Gasteiger partial charge in [0.15, 0.2) is 11.6 Å². The number of allylic oxidation sites excluding steroid dienone is 1. The van der Waals surface area contributed by atoms with E-state index in [1.165, 1.54) is 13.2 Å². The molecule has 0 aliphatic carbocycles. The lowest BCUT2D eigenvalue weighted by molar-refractivity contribution is 0.369. The van der Waals surface area contributed by atoms with Gasteiger partial charge in [-0.15, -0.1) is 0 Å². The van der Waals surface area contributed by atoms with Crippen LogP contribution in [0, 0.1) is 5.82 Å². The third-order valence-electron chi connectivity index (χ3n) is 4.82. The second-order valence-electron chi connectivity index (χ2n) is 6.41. The van der Waals surface area contributed by atoms with E-state index in [0.29, 0.717) is 17.8 Å². The van der Waals surface area contributed by atoms with Crippen LogP contribution in [0.5, 0.6) is 5.75 Å². The lowest BCUT2D eigenvalue weighted by atomic mass is 10.1. The van der Waals surface area contributed by atoms with Crippen LogP contribution in [0.4, 0.5) is 4.39 Å². The molecule has 0 spiro atoms. The second-order valence-corrected chi connectivity index (χ2v) is 6.41. The number of benzene rings is 1. The first-order valence-electron chi connectivity index (χ1n) is 8.60. The maximum Gasteiger partial charge on any atom is 0.165 e. The van der Waals surface area contributed by atoms with Crippen LogP contribution in [0.3, 0.4) is 0 Å². The predicted molar refractivity (Wildman–Crippen MR) is 102 cm³/mol. The van der Waals surface area contributed by atoms with Crippen molar-refractivity contribution in [2.45, 2.75) is 6.04 Å². The van der Waals surface area contributed by atoms with E-state index in [2.05, 4.69) is 21.0 Å². The van der Waals surface area contributed by atoms with E-state index in [-0.39, 0.29) is 11.8 Å². The van der Waals surface area contributed by atoms with Crippen LogP contribution in [0.25, 0.3) is 11.0 Å². The lowest BCUT2D eigenvalue weighted by Crippen LogP contribution is -2.29. The lowest BCUT2D eigenvalue weighted by Gasteiger charge is -2.25. The zero-order chi connectivity index (χ0) is 18.4. The van der Waals surface area contributed by atoms with Crippen LogP contribution >= 0.6 is 0 Å². The molecule has 0 saturated heterocycles. The standard InChI is InChI=1S/C20H16FN5O/c1-27-18-4-2-12(9-15(18)21)16-3-5-19-23-11-17(26(19)25-16)14-8-13-6-7-22-20(13)24-10-14/h2-10,17H,11H2,1H3,(H,22,24). The number of pyridine rings is 1. The summed E-state index contributed by atoms with van der Waals surface area (Å²) < 4.78 is 19.1. The minimum atomic E-state index is -0.411. The molecule has 2 aromatic heterocycles. The Morgan fingerprint density at radius 3 is 3.00 bits per heavy atom. The van der Waals surface area contributed by atoms with Gasteiger partial charge in [0, 0.05) is 23.3 Å². The SMILES string of the molecule is COc1ccc(C2=NN3C(=NCC3c3cnc4[nH]ccc4c3)C=C2)cc1F. The number of nitrogens with zero attached hydrogens (tertiary/aromatic N) is 4. The fraction of sp³-hybridized carbons (Fsp3) is 0.150. The number of ether oxygens (including phenoxy) is 1. The Morgan fingerprint density at radius 1 is 1.22 bits per heavy atom. The number of rotatable bonds is 3. The molecule has 1 N–H and O–H groups in total. The molecule has 0 bridgehead atoms. The smallest absolute Gasteiger partial charge is 0.165 e. The van der Waals surface area contributed by atoms with E-state index in [9.17, 15) is 4.39 Å². The van der Waals surface area contributed by atoms with Crippen LogP contribution < -0.4 is 4.74 Å². The van der Waals surface area contributed by atoms with Crippen molar-refractivity contribution in [1.82, 2.24) is 15.0 Å². The number of fused-ring (bicyclic) bond motifs is 2. The van der Waals surface area contributed by atoms with Gasteiger partial charge in [0.2, 0.25) is 0 Å². The second kappa shape index (κ2) is 6.05. The van der Waals surface area contributed by atoms with Crippen molar-refractivity contribution in [2.75, 3.05) is 13.7 Å². The normalized spacial score (nSPS) is 18.4. The number of aliphatic imine (C=N–C) groups is 1. The largest absolute Gasteiger partial charge is 0.494 e. The van der Waals surface area contributed by atoms with Crippen LogP contribution in [0.2, 0.25) is 0 Å². The third-order valence-corrected chi connectivity index (χ3v) is 4.82. The molecular weight excluding hydrogens is 345 g/mol. The van der Waals surface area contributed by atoms with Gasteiger partial charge in [-0.2, -0.15) is 5.10 Å². The quantitative estimate of drug-likeness (QED) is 0.777. The summed E-state index contributed by atoms with van der Waals surface area (Å²) in [6.07, 6.45) is 7.48. The van der Waals surface area contributed by atoms with Gasteiger partial charge >= 0.3 is 0 Å². The highest BCUT2D eigenvalue weighted by molar-refractivity contribution is 6.14. The molecule has 6 nitrogen and oxygen atoms in total. The first-order chi connectivity index (χ1) is 13.2. The van der Waals surface area contributed by atoms with Gasteiger partial charge in [0.1, 0.15) is 17.5 Å². The molecule has 1 aromatic carbocycles. The molecule has 134 valence electrons. The number of hydrogen-bond donors (Lipinski definition) is 1. The van der Waals surface area contributed by atoms with Gasteiger partial charge in [0.05, 0.1) is 19.4 Å². The number of nitrogens with one attached hydrogen (secondary N) is 1. The summed E-state index contributed by atoms with van der Waals surface area (Å²) in [4.78, 5) is 12.1. The predicted octanol–water partition coefficient (Wildman–Crippen LogP) is 3.44. The van der Waals surface area contributed by atoms with E-state index in [1.807, 2.05) is 35.6 Å². The topological polar surface area (TPSA) is 65.9 Å². The minimum Gasteiger partial charge on any atom is -0.494 e. The van der Waals surface area contributed by atoms with Crippen LogP contribution in [-0.4, -0.2) is 40.2 Å². The summed E-state index contributed by atoms with van der Waals surface area (Å²) in [6.45, 7) is 0.602. The zero-order valence-electron chi connectivity index (χ0n) is 14.6. The maximum atomic E-state index is 14.1. The Morgan fingerprint density at radius 2 is 2.15 bits per heavy atom. The van der Waals surface area contributed by atoms with E-state index < -0.39 is 5.82 Å². The van der Waals surface area contributed by atoms with Crippen molar-refractivity contribution >= 4 is 22.6 Å². The Bertz CT molecular complexity index is 1130. The van der Waals surface area contributed by atoms with Gasteiger partial charge in [-0.05, 0) is 48.0 Å². The minimum absolute atomic E-state index is 0.0326. The molecule has 2 aliphatic rings. The van der Waals surface area contributed by atoms with Crippen molar-refractivity contribution in [3.8, 4) is 5.75 Å². The van der Waals surface area contributed by atoms with Crippen molar-refractivity contribution in [3.05, 3.63) is 71.8 Å². The summed E-state index contributed by atoms with van der Waals surface area (Å²) in [5.74, 6) is 0.601. The molecule has 5 rings (SSSR count). The summed E-state index contributed by atoms with van der Waals surface area (Å²) in [7, 11) is 1.45. The van der Waals surface area contributed by atoms with Crippen LogP contribution in [-0.2, 0) is 0 Å². The molecule has 0 saturated carbocycles. The first kappa shape index (κ1) is 15.7. The summed E-state index contributed by atoms with van der Waals surface area (Å²) in [5.41, 5.74) is 3.26. The number of aromatic amines is 1. The fourth-order valence-electron chi connectivity index (χ4n) is 3.41. The van der Waals surface area contributed by atoms with Gasteiger partial charge in [-0.3, -0.25) is 4.99 Å². The molecule has 1 atom stereocenters. The number of H-pyrrole nitrogens is 1. The van der Waals surface area contributed by atoms with Crippen LogP contribution in [0.15, 0.2) is 65.0 Å². The van der Waals surface area contributed by atoms with Gasteiger partial charge < -0.3 is 9.72 Å². The average molecular weight is 361 g/mol. The third kappa shape index (κ3) is 2.59. The van der Waals surface area contributed by atoms with Crippen molar-refractivity contribution in [2.24, 2.45) is 10.1 Å². The van der Waals surface area contributed by atoms with Crippen LogP contribution in [0.1, 0.15) is 17.2 Å². The Hall–Kier alpha value is -3.48. The highest BCUT2D eigenvalue weighted by Gasteiger charge is 2.30. The zero-order valence-corrected chi connectivity index (χ0v) is 14.6. The monoisotopic (exact) mass is 361 g/mol. The maximum absolute atomic E-state index is 14.1. The summed E-state index contributed by atoms with van der Waals surface area (Å²) in [6, 6.07) is 8.90. The Balaban J connectivity index is 1.50. The Labute approximate surface area is 154 Å². The number of halogens is 1. The van der Waals surface area contributed by atoms with Crippen molar-refractivity contribution in [1.29, 1.82) is 0 Å². The van der Waals surface area contributed by atoms with E-state index in [0.717, 1.165) is 22.4 Å². The van der Waals surface area contributed by atoms with Crippen molar-refractivity contribution < 1.29 is 9.13 Å². The molecule has 7 heteroatoms.